The molecule has 27 heavy (non-hydrogen) atoms. The Morgan fingerprint density at radius 2 is 2.15 bits per heavy atom. The molecule has 0 saturated carbocycles. The van der Waals surface area contributed by atoms with Crippen molar-refractivity contribution in [2.75, 3.05) is 19.6 Å². The van der Waals surface area contributed by atoms with Gasteiger partial charge in [-0.15, -0.1) is 0 Å². The number of carbonyl (C=O) groups is 1. The van der Waals surface area contributed by atoms with Crippen LogP contribution in [0.3, 0.4) is 0 Å². The number of carbonyl (C=O) groups excluding carboxylic acids is 1. The van der Waals surface area contributed by atoms with E-state index in [4.69, 9.17) is 9.26 Å². The molecule has 3 rings (SSSR count). The summed E-state index contributed by atoms with van der Waals surface area (Å²) in [6.07, 6.45) is 4.38. The maximum absolute atomic E-state index is 13.1. The van der Waals surface area contributed by atoms with Crippen molar-refractivity contribution in [1.29, 1.82) is 0 Å². The molecule has 2 heterocycles. The molecule has 6 heteroatoms. The summed E-state index contributed by atoms with van der Waals surface area (Å²) in [4.78, 5) is 13.8. The van der Waals surface area contributed by atoms with Crippen molar-refractivity contribution >= 4 is 11.5 Å². The SMILES string of the molecule is CC(=O)OC(CCCN1CC=C(c2cc(C)no2)CC1)c1ccc(F)cc1. The van der Waals surface area contributed by atoms with E-state index in [9.17, 15) is 9.18 Å². The number of hydrogen-bond donors (Lipinski definition) is 0. The van der Waals surface area contributed by atoms with Gasteiger partial charge in [0.05, 0.1) is 5.69 Å². The molecule has 1 unspecified atom stereocenters. The third kappa shape index (κ3) is 5.50. The van der Waals surface area contributed by atoms with E-state index in [1.807, 2.05) is 13.0 Å². The first-order valence-electron chi connectivity index (χ1n) is 9.29. The molecule has 5 nitrogen and oxygen atoms in total. The first-order chi connectivity index (χ1) is 13.0. The molecule has 1 aromatic heterocycles. The molecule has 0 bridgehead atoms. The number of rotatable bonds is 7. The lowest BCUT2D eigenvalue weighted by molar-refractivity contribution is -0.147. The molecule has 0 fully saturated rings. The number of hydrogen-bond acceptors (Lipinski definition) is 5. The van der Waals surface area contributed by atoms with Crippen LogP contribution in [0.2, 0.25) is 0 Å². The molecule has 0 N–H and O–H groups in total. The Hall–Kier alpha value is -2.47. The van der Waals surface area contributed by atoms with E-state index in [0.717, 1.165) is 49.5 Å². The first-order valence-corrected chi connectivity index (χ1v) is 9.29. The van der Waals surface area contributed by atoms with E-state index < -0.39 is 0 Å². The number of benzene rings is 1. The summed E-state index contributed by atoms with van der Waals surface area (Å²) in [5.74, 6) is 0.244. The molecule has 1 aliphatic rings. The third-order valence-electron chi connectivity index (χ3n) is 4.73. The number of halogens is 1. The van der Waals surface area contributed by atoms with Gasteiger partial charge in [-0.2, -0.15) is 0 Å². The molecule has 144 valence electrons. The Balaban J connectivity index is 1.51. The van der Waals surface area contributed by atoms with Crippen LogP contribution in [-0.4, -0.2) is 35.7 Å². The van der Waals surface area contributed by atoms with Crippen molar-refractivity contribution < 1.29 is 18.4 Å². The minimum Gasteiger partial charge on any atom is -0.458 e. The number of aryl methyl sites for hydroxylation is 1. The third-order valence-corrected chi connectivity index (χ3v) is 4.73. The fraction of sp³-hybridized carbons (Fsp3) is 0.429. The number of esters is 1. The molecule has 0 radical (unpaired) electrons. The van der Waals surface area contributed by atoms with Crippen LogP contribution in [0.15, 0.2) is 40.9 Å². The Morgan fingerprint density at radius 1 is 1.37 bits per heavy atom. The van der Waals surface area contributed by atoms with Gasteiger partial charge < -0.3 is 9.26 Å². The normalized spacial score (nSPS) is 16.0. The zero-order chi connectivity index (χ0) is 19.2. The molecule has 0 aliphatic carbocycles. The van der Waals surface area contributed by atoms with Crippen molar-refractivity contribution in [2.45, 2.75) is 39.2 Å². The van der Waals surface area contributed by atoms with Crippen molar-refractivity contribution in [3.8, 4) is 0 Å². The lowest BCUT2D eigenvalue weighted by Crippen LogP contribution is -2.29. The summed E-state index contributed by atoms with van der Waals surface area (Å²) in [6.45, 7) is 6.06. The summed E-state index contributed by atoms with van der Waals surface area (Å²) >= 11 is 0. The Bertz CT molecular complexity index is 798. The highest BCUT2D eigenvalue weighted by atomic mass is 19.1. The summed E-state index contributed by atoms with van der Waals surface area (Å²) in [7, 11) is 0. The van der Waals surface area contributed by atoms with Gasteiger partial charge in [-0.3, -0.25) is 9.69 Å². The van der Waals surface area contributed by atoms with E-state index in [1.165, 1.54) is 24.6 Å². The van der Waals surface area contributed by atoms with Gasteiger partial charge in [0.1, 0.15) is 11.9 Å². The van der Waals surface area contributed by atoms with Crippen LogP contribution in [0, 0.1) is 12.7 Å². The molecule has 0 spiro atoms. The monoisotopic (exact) mass is 372 g/mol. The van der Waals surface area contributed by atoms with E-state index in [2.05, 4.69) is 16.1 Å². The summed E-state index contributed by atoms with van der Waals surface area (Å²) < 4.78 is 23.9. The van der Waals surface area contributed by atoms with Crippen molar-refractivity contribution in [2.24, 2.45) is 0 Å². The van der Waals surface area contributed by atoms with E-state index in [1.54, 1.807) is 12.1 Å². The minimum absolute atomic E-state index is 0.293. The number of nitrogens with zero attached hydrogens (tertiary/aromatic N) is 2. The predicted molar refractivity (Wildman–Crippen MR) is 100 cm³/mol. The van der Waals surface area contributed by atoms with Gasteiger partial charge in [-0.25, -0.2) is 4.39 Å². The lowest BCUT2D eigenvalue weighted by Gasteiger charge is -2.26. The molecule has 0 saturated heterocycles. The summed E-state index contributed by atoms with van der Waals surface area (Å²) in [6, 6.07) is 8.12. The van der Waals surface area contributed by atoms with E-state index in [-0.39, 0.29) is 17.9 Å². The predicted octanol–water partition coefficient (Wildman–Crippen LogP) is 4.30. The van der Waals surface area contributed by atoms with E-state index in [0.29, 0.717) is 6.42 Å². The fourth-order valence-electron chi connectivity index (χ4n) is 3.32. The van der Waals surface area contributed by atoms with Gasteiger partial charge in [-0.05, 0) is 56.0 Å². The van der Waals surface area contributed by atoms with Gasteiger partial charge in [0, 0.05) is 26.1 Å². The topological polar surface area (TPSA) is 55.6 Å². The summed E-state index contributed by atoms with van der Waals surface area (Å²) in [5.41, 5.74) is 2.93. The smallest absolute Gasteiger partial charge is 0.303 e. The van der Waals surface area contributed by atoms with Gasteiger partial charge >= 0.3 is 5.97 Å². The Kier molecular flexibility index (Phi) is 6.40. The first kappa shape index (κ1) is 19.3. The van der Waals surface area contributed by atoms with Crippen LogP contribution in [0.4, 0.5) is 4.39 Å². The van der Waals surface area contributed by atoms with Gasteiger partial charge in [0.25, 0.3) is 0 Å². The fourth-order valence-corrected chi connectivity index (χ4v) is 3.32. The minimum atomic E-state index is -0.337. The Morgan fingerprint density at radius 3 is 2.74 bits per heavy atom. The average molecular weight is 372 g/mol. The van der Waals surface area contributed by atoms with Crippen LogP contribution in [0.1, 0.15) is 49.3 Å². The summed E-state index contributed by atoms with van der Waals surface area (Å²) in [5, 5.41) is 3.94. The molecule has 1 atom stereocenters. The lowest BCUT2D eigenvalue weighted by atomic mass is 10.0. The van der Waals surface area contributed by atoms with Gasteiger partial charge in [0.15, 0.2) is 5.76 Å². The van der Waals surface area contributed by atoms with Crippen molar-refractivity contribution in [1.82, 2.24) is 10.1 Å². The maximum atomic E-state index is 13.1. The number of aromatic nitrogens is 1. The van der Waals surface area contributed by atoms with Crippen LogP contribution in [0.5, 0.6) is 0 Å². The zero-order valence-electron chi connectivity index (χ0n) is 15.8. The van der Waals surface area contributed by atoms with Gasteiger partial charge in [0.2, 0.25) is 0 Å². The second-order valence-corrected chi connectivity index (χ2v) is 6.90. The molecule has 0 amide bonds. The zero-order valence-corrected chi connectivity index (χ0v) is 15.8. The van der Waals surface area contributed by atoms with Crippen molar-refractivity contribution in [3.63, 3.8) is 0 Å². The molecule has 1 aliphatic heterocycles. The molecular weight excluding hydrogens is 347 g/mol. The highest BCUT2D eigenvalue weighted by molar-refractivity contribution is 5.66. The molecule has 2 aromatic rings. The largest absolute Gasteiger partial charge is 0.458 e. The highest BCUT2D eigenvalue weighted by Crippen LogP contribution is 2.26. The van der Waals surface area contributed by atoms with Gasteiger partial charge in [-0.1, -0.05) is 23.4 Å². The van der Waals surface area contributed by atoms with Crippen LogP contribution in [-0.2, 0) is 9.53 Å². The molecule has 1 aromatic carbocycles. The average Bonchev–Trinajstić information content (AvgIpc) is 3.08. The second-order valence-electron chi connectivity index (χ2n) is 6.90. The highest BCUT2D eigenvalue weighted by Gasteiger charge is 2.18. The quantitative estimate of drug-likeness (QED) is 0.679. The standard InChI is InChI=1S/C21H25FN2O3/c1-15-14-21(27-23-15)18-9-12-24(13-10-18)11-3-4-20(26-16(2)25)17-5-7-19(22)8-6-17/h5-9,14,20H,3-4,10-13H2,1-2H3. The Labute approximate surface area is 158 Å². The maximum Gasteiger partial charge on any atom is 0.303 e. The van der Waals surface area contributed by atoms with Crippen LogP contribution in [0.25, 0.3) is 5.57 Å². The molecular formula is C21H25FN2O3. The van der Waals surface area contributed by atoms with Crippen LogP contribution >= 0.6 is 0 Å². The second kappa shape index (κ2) is 8.95. The van der Waals surface area contributed by atoms with E-state index >= 15 is 0 Å². The van der Waals surface area contributed by atoms with Crippen LogP contribution < -0.4 is 0 Å². The van der Waals surface area contributed by atoms with Crippen molar-refractivity contribution in [3.05, 3.63) is 59.2 Å². The number of ether oxygens (including phenoxy) is 1.